The van der Waals surface area contributed by atoms with E-state index >= 15 is 0 Å². The summed E-state index contributed by atoms with van der Waals surface area (Å²) in [4.78, 5) is 24.4. The average molecular weight is 321 g/mol. The van der Waals surface area contributed by atoms with Crippen LogP contribution in [-0.2, 0) is 16.1 Å². The number of aromatic nitrogens is 2. The molecule has 0 spiro atoms. The zero-order valence-corrected chi connectivity index (χ0v) is 13.8. The number of nitrogens with one attached hydrogen (secondary N) is 2. The van der Waals surface area contributed by atoms with Gasteiger partial charge in [-0.15, -0.1) is 0 Å². The first-order valence-electron chi connectivity index (χ1n) is 8.49. The van der Waals surface area contributed by atoms with E-state index in [0.29, 0.717) is 6.04 Å². The van der Waals surface area contributed by atoms with Crippen LogP contribution in [0.3, 0.4) is 0 Å². The van der Waals surface area contributed by atoms with E-state index < -0.39 is 0 Å². The maximum absolute atomic E-state index is 12.3. The number of ether oxygens (including phenoxy) is 1. The zero-order chi connectivity index (χ0) is 16.1. The minimum Gasteiger partial charge on any atom is -0.381 e. The van der Waals surface area contributed by atoms with Gasteiger partial charge in [-0.25, -0.2) is 4.98 Å². The molecule has 2 saturated heterocycles. The molecular formula is C16H27N5O2. The highest BCUT2D eigenvalue weighted by Gasteiger charge is 2.31. The first kappa shape index (κ1) is 16.4. The van der Waals surface area contributed by atoms with Crippen molar-refractivity contribution < 1.29 is 9.53 Å². The molecule has 2 fully saturated rings. The second-order valence-corrected chi connectivity index (χ2v) is 6.46. The van der Waals surface area contributed by atoms with Crippen LogP contribution in [0.15, 0.2) is 12.5 Å². The van der Waals surface area contributed by atoms with Crippen molar-refractivity contribution in [1.29, 1.82) is 0 Å². The lowest BCUT2D eigenvalue weighted by molar-refractivity contribution is -0.125. The topological polar surface area (TPSA) is 73.5 Å². The first-order chi connectivity index (χ1) is 11.3. The molecule has 2 aliphatic heterocycles. The molecule has 128 valence electrons. The molecular weight excluding hydrogens is 294 g/mol. The van der Waals surface area contributed by atoms with Crippen molar-refractivity contribution in [3.05, 3.63) is 18.2 Å². The first-order valence-corrected chi connectivity index (χ1v) is 8.49. The highest BCUT2D eigenvalue weighted by Crippen LogP contribution is 2.20. The molecule has 0 saturated carbocycles. The Balaban J connectivity index is 1.67. The summed E-state index contributed by atoms with van der Waals surface area (Å²) in [5.41, 5.74) is 1.10. The number of aromatic amines is 1. The largest absolute Gasteiger partial charge is 0.381 e. The van der Waals surface area contributed by atoms with E-state index in [0.717, 1.165) is 64.5 Å². The summed E-state index contributed by atoms with van der Waals surface area (Å²) in [6, 6.07) is 0.544. The Morgan fingerprint density at radius 3 is 2.91 bits per heavy atom. The van der Waals surface area contributed by atoms with Gasteiger partial charge in [0.15, 0.2) is 0 Å². The van der Waals surface area contributed by atoms with Gasteiger partial charge < -0.3 is 15.0 Å². The normalized spacial score (nSPS) is 25.2. The summed E-state index contributed by atoms with van der Waals surface area (Å²) in [5.74, 6) is 0.145. The fourth-order valence-electron chi connectivity index (χ4n) is 3.61. The molecule has 3 rings (SSSR count). The third kappa shape index (κ3) is 4.31. The predicted octanol–water partition coefficient (Wildman–Crippen LogP) is 0.0685. The lowest BCUT2D eigenvalue weighted by Crippen LogP contribution is -2.45. The highest BCUT2D eigenvalue weighted by molar-refractivity contribution is 5.78. The van der Waals surface area contributed by atoms with Gasteiger partial charge in [-0.3, -0.25) is 14.6 Å². The molecule has 1 atom stereocenters. The van der Waals surface area contributed by atoms with Gasteiger partial charge in [-0.05, 0) is 12.8 Å². The molecule has 23 heavy (non-hydrogen) atoms. The molecule has 2 N–H and O–H groups in total. The van der Waals surface area contributed by atoms with Crippen molar-refractivity contribution in [2.24, 2.45) is 5.92 Å². The van der Waals surface area contributed by atoms with Gasteiger partial charge in [-0.2, -0.15) is 0 Å². The van der Waals surface area contributed by atoms with E-state index in [1.807, 2.05) is 6.20 Å². The molecule has 1 unspecified atom stereocenters. The van der Waals surface area contributed by atoms with E-state index in [2.05, 4.69) is 25.1 Å². The van der Waals surface area contributed by atoms with Gasteiger partial charge in [-0.1, -0.05) is 0 Å². The Morgan fingerprint density at radius 2 is 2.22 bits per heavy atom. The number of nitrogens with zero attached hydrogens (tertiary/aromatic N) is 3. The molecule has 0 aromatic carbocycles. The SMILES string of the molecule is CNC(=O)C1CN(Cc2cnc[nH]2)CCN(C2CCOCC2)C1. The van der Waals surface area contributed by atoms with Crippen LogP contribution in [0.1, 0.15) is 18.5 Å². The van der Waals surface area contributed by atoms with Crippen LogP contribution in [0.4, 0.5) is 0 Å². The number of carbonyl (C=O) groups excluding carboxylic acids is 1. The number of imidazole rings is 1. The van der Waals surface area contributed by atoms with Crippen molar-refractivity contribution >= 4 is 5.91 Å². The van der Waals surface area contributed by atoms with Crippen molar-refractivity contribution in [3.63, 3.8) is 0 Å². The van der Waals surface area contributed by atoms with Gasteiger partial charge in [0.1, 0.15) is 0 Å². The van der Waals surface area contributed by atoms with Crippen LogP contribution < -0.4 is 5.32 Å². The van der Waals surface area contributed by atoms with E-state index in [-0.39, 0.29) is 11.8 Å². The summed E-state index contributed by atoms with van der Waals surface area (Å²) >= 11 is 0. The van der Waals surface area contributed by atoms with Crippen LogP contribution in [0, 0.1) is 5.92 Å². The standard InChI is InChI=1S/C16H27N5O2/c1-17-16(22)13-9-20(11-14-8-18-12-19-14)4-5-21(10-13)15-2-6-23-7-3-15/h8,12-13,15H,2-7,9-11H2,1H3,(H,17,22)(H,18,19). The summed E-state index contributed by atoms with van der Waals surface area (Å²) < 4.78 is 5.48. The number of carbonyl (C=O) groups is 1. The summed E-state index contributed by atoms with van der Waals surface area (Å²) in [6.45, 7) is 6.10. The van der Waals surface area contributed by atoms with Crippen LogP contribution in [0.2, 0.25) is 0 Å². The second-order valence-electron chi connectivity index (χ2n) is 6.46. The predicted molar refractivity (Wildman–Crippen MR) is 86.8 cm³/mol. The lowest BCUT2D eigenvalue weighted by Gasteiger charge is -2.34. The van der Waals surface area contributed by atoms with Gasteiger partial charge >= 0.3 is 0 Å². The molecule has 1 amide bonds. The summed E-state index contributed by atoms with van der Waals surface area (Å²) in [5, 5.41) is 2.83. The quantitative estimate of drug-likeness (QED) is 0.821. The van der Waals surface area contributed by atoms with Crippen LogP contribution >= 0.6 is 0 Å². The second kappa shape index (κ2) is 7.90. The smallest absolute Gasteiger partial charge is 0.225 e. The Morgan fingerprint density at radius 1 is 1.39 bits per heavy atom. The summed E-state index contributed by atoms with van der Waals surface area (Å²) in [7, 11) is 1.73. The number of hydrogen-bond acceptors (Lipinski definition) is 5. The van der Waals surface area contributed by atoms with Crippen molar-refractivity contribution in [2.45, 2.75) is 25.4 Å². The van der Waals surface area contributed by atoms with Crippen molar-refractivity contribution in [1.82, 2.24) is 25.1 Å². The molecule has 3 heterocycles. The third-order valence-electron chi connectivity index (χ3n) is 4.91. The van der Waals surface area contributed by atoms with E-state index in [9.17, 15) is 4.79 Å². The van der Waals surface area contributed by atoms with Crippen LogP contribution in [-0.4, -0.2) is 78.2 Å². The van der Waals surface area contributed by atoms with Gasteiger partial charge in [0.25, 0.3) is 0 Å². The number of rotatable bonds is 4. The zero-order valence-electron chi connectivity index (χ0n) is 13.8. The minimum absolute atomic E-state index is 0.00765. The number of amides is 1. The van der Waals surface area contributed by atoms with Crippen LogP contribution in [0.25, 0.3) is 0 Å². The lowest BCUT2D eigenvalue weighted by atomic mass is 10.0. The maximum atomic E-state index is 12.3. The van der Waals surface area contributed by atoms with E-state index in [4.69, 9.17) is 4.74 Å². The summed E-state index contributed by atoms with van der Waals surface area (Å²) in [6.07, 6.45) is 5.70. The molecule has 0 aliphatic carbocycles. The van der Waals surface area contributed by atoms with Gasteiger partial charge in [0.05, 0.1) is 12.2 Å². The fourth-order valence-corrected chi connectivity index (χ4v) is 3.61. The average Bonchev–Trinajstić information content (AvgIpc) is 3.00. The molecule has 0 bridgehead atoms. The minimum atomic E-state index is 0.00765. The Hall–Kier alpha value is -1.44. The fraction of sp³-hybridized carbons (Fsp3) is 0.750. The molecule has 1 aromatic heterocycles. The monoisotopic (exact) mass is 321 g/mol. The molecule has 1 aromatic rings. The molecule has 7 nitrogen and oxygen atoms in total. The molecule has 2 aliphatic rings. The number of H-pyrrole nitrogens is 1. The van der Waals surface area contributed by atoms with E-state index in [1.165, 1.54) is 0 Å². The number of hydrogen-bond donors (Lipinski definition) is 2. The highest BCUT2D eigenvalue weighted by atomic mass is 16.5. The molecule has 0 radical (unpaired) electrons. The molecule has 7 heteroatoms. The van der Waals surface area contributed by atoms with Gasteiger partial charge in [0.2, 0.25) is 5.91 Å². The Labute approximate surface area is 137 Å². The van der Waals surface area contributed by atoms with Gasteiger partial charge in [0, 0.05) is 70.9 Å². The van der Waals surface area contributed by atoms with E-state index in [1.54, 1.807) is 13.4 Å². The maximum Gasteiger partial charge on any atom is 0.225 e. The van der Waals surface area contributed by atoms with Crippen molar-refractivity contribution in [2.75, 3.05) is 46.4 Å². The Kier molecular flexibility index (Phi) is 5.64. The Bertz CT molecular complexity index is 487. The third-order valence-corrected chi connectivity index (χ3v) is 4.91. The van der Waals surface area contributed by atoms with Crippen molar-refractivity contribution in [3.8, 4) is 0 Å². The van der Waals surface area contributed by atoms with Crippen LogP contribution in [0.5, 0.6) is 0 Å².